The molecule has 0 saturated heterocycles. The molecule has 0 unspecified atom stereocenters. The van der Waals surface area contributed by atoms with E-state index in [4.69, 9.17) is 4.42 Å². The fraction of sp³-hybridized carbons (Fsp3) is 0.182. The standard InChI is InChI=1S/C11H10O3/c1-7-4-3-5-8-9(11(12)13-2)6-14-10(7)8/h3-6H,1-2H3. The summed E-state index contributed by atoms with van der Waals surface area (Å²) in [4.78, 5) is 11.3. The van der Waals surface area contributed by atoms with Crippen molar-refractivity contribution in [2.75, 3.05) is 7.11 Å². The Kier molecular flexibility index (Phi) is 2.00. The molecule has 1 aromatic carbocycles. The molecular weight excluding hydrogens is 180 g/mol. The van der Waals surface area contributed by atoms with Crippen LogP contribution in [0.1, 0.15) is 15.9 Å². The SMILES string of the molecule is COC(=O)c1coc2c(C)cccc12. The Hall–Kier alpha value is -1.77. The molecule has 0 amide bonds. The number of para-hydroxylation sites is 1. The second-order valence-corrected chi connectivity index (χ2v) is 3.09. The average Bonchev–Trinajstić information content (AvgIpc) is 2.62. The molecule has 0 fully saturated rings. The Morgan fingerprint density at radius 1 is 1.43 bits per heavy atom. The summed E-state index contributed by atoms with van der Waals surface area (Å²) in [5.74, 6) is -0.366. The molecule has 3 heteroatoms. The van der Waals surface area contributed by atoms with Crippen molar-refractivity contribution in [3.8, 4) is 0 Å². The number of hydrogen-bond donors (Lipinski definition) is 0. The Bertz CT molecular complexity index is 482. The Balaban J connectivity index is 2.70. The third kappa shape index (κ3) is 1.18. The lowest BCUT2D eigenvalue weighted by atomic mass is 10.1. The number of furan rings is 1. The van der Waals surface area contributed by atoms with Crippen LogP contribution in [0.25, 0.3) is 11.0 Å². The lowest BCUT2D eigenvalue weighted by Gasteiger charge is -1.95. The van der Waals surface area contributed by atoms with Crippen LogP contribution in [-0.4, -0.2) is 13.1 Å². The molecule has 1 aromatic heterocycles. The monoisotopic (exact) mass is 190 g/mol. The quantitative estimate of drug-likeness (QED) is 0.648. The molecule has 0 aliphatic rings. The lowest BCUT2D eigenvalue weighted by Crippen LogP contribution is -1.99. The van der Waals surface area contributed by atoms with Gasteiger partial charge in [0.1, 0.15) is 17.4 Å². The molecule has 3 nitrogen and oxygen atoms in total. The van der Waals surface area contributed by atoms with E-state index in [0.29, 0.717) is 5.56 Å². The maximum absolute atomic E-state index is 11.3. The van der Waals surface area contributed by atoms with E-state index in [9.17, 15) is 4.79 Å². The van der Waals surface area contributed by atoms with Gasteiger partial charge in [-0.3, -0.25) is 0 Å². The topological polar surface area (TPSA) is 39.4 Å². The van der Waals surface area contributed by atoms with Crippen molar-refractivity contribution in [2.45, 2.75) is 6.92 Å². The number of aryl methyl sites for hydroxylation is 1. The van der Waals surface area contributed by atoms with Gasteiger partial charge < -0.3 is 9.15 Å². The number of methoxy groups -OCH3 is 1. The number of ether oxygens (including phenoxy) is 1. The molecule has 0 saturated carbocycles. The molecule has 2 rings (SSSR count). The number of fused-ring (bicyclic) bond motifs is 1. The van der Waals surface area contributed by atoms with Gasteiger partial charge in [-0.25, -0.2) is 4.79 Å². The van der Waals surface area contributed by atoms with Gasteiger partial charge >= 0.3 is 5.97 Å². The summed E-state index contributed by atoms with van der Waals surface area (Å²) in [5, 5.41) is 0.803. The second-order valence-electron chi connectivity index (χ2n) is 3.09. The zero-order valence-electron chi connectivity index (χ0n) is 8.03. The third-order valence-corrected chi connectivity index (χ3v) is 2.20. The van der Waals surface area contributed by atoms with Gasteiger partial charge in [0.05, 0.1) is 7.11 Å². The molecular formula is C11H10O3. The summed E-state index contributed by atoms with van der Waals surface area (Å²) >= 11 is 0. The van der Waals surface area contributed by atoms with E-state index in [0.717, 1.165) is 16.5 Å². The van der Waals surface area contributed by atoms with Gasteiger partial charge in [0.2, 0.25) is 0 Å². The van der Waals surface area contributed by atoms with E-state index in [-0.39, 0.29) is 5.97 Å². The maximum Gasteiger partial charge on any atom is 0.341 e. The molecule has 0 bridgehead atoms. The highest BCUT2D eigenvalue weighted by Crippen LogP contribution is 2.24. The van der Waals surface area contributed by atoms with Gasteiger partial charge in [-0.05, 0) is 12.5 Å². The van der Waals surface area contributed by atoms with Crippen LogP contribution in [0.2, 0.25) is 0 Å². The van der Waals surface area contributed by atoms with E-state index in [2.05, 4.69) is 4.74 Å². The lowest BCUT2D eigenvalue weighted by molar-refractivity contribution is 0.0602. The van der Waals surface area contributed by atoms with Crippen molar-refractivity contribution in [1.82, 2.24) is 0 Å². The van der Waals surface area contributed by atoms with E-state index in [1.165, 1.54) is 13.4 Å². The van der Waals surface area contributed by atoms with Gasteiger partial charge in [0.15, 0.2) is 0 Å². The highest BCUT2D eigenvalue weighted by atomic mass is 16.5. The first kappa shape index (κ1) is 8.81. The number of carbonyl (C=O) groups is 1. The number of esters is 1. The zero-order valence-corrected chi connectivity index (χ0v) is 8.03. The van der Waals surface area contributed by atoms with Crippen LogP contribution in [-0.2, 0) is 4.74 Å². The van der Waals surface area contributed by atoms with Crippen LogP contribution < -0.4 is 0 Å². The van der Waals surface area contributed by atoms with Gasteiger partial charge in [0.25, 0.3) is 0 Å². The minimum atomic E-state index is -0.366. The Labute approximate surface area is 81.3 Å². The van der Waals surface area contributed by atoms with Crippen LogP contribution in [0, 0.1) is 6.92 Å². The van der Waals surface area contributed by atoms with Crippen LogP contribution in [0.4, 0.5) is 0 Å². The number of rotatable bonds is 1. The van der Waals surface area contributed by atoms with Crippen LogP contribution >= 0.6 is 0 Å². The van der Waals surface area contributed by atoms with E-state index >= 15 is 0 Å². The van der Waals surface area contributed by atoms with Crippen molar-refractivity contribution < 1.29 is 13.9 Å². The van der Waals surface area contributed by atoms with Crippen molar-refractivity contribution in [3.63, 3.8) is 0 Å². The van der Waals surface area contributed by atoms with E-state index < -0.39 is 0 Å². The van der Waals surface area contributed by atoms with Crippen molar-refractivity contribution in [2.24, 2.45) is 0 Å². The summed E-state index contributed by atoms with van der Waals surface area (Å²) in [6.45, 7) is 1.94. The highest BCUT2D eigenvalue weighted by Gasteiger charge is 2.14. The summed E-state index contributed by atoms with van der Waals surface area (Å²) in [6, 6.07) is 5.67. The summed E-state index contributed by atoms with van der Waals surface area (Å²) in [7, 11) is 1.36. The minimum Gasteiger partial charge on any atom is -0.465 e. The van der Waals surface area contributed by atoms with Crippen molar-refractivity contribution in [1.29, 1.82) is 0 Å². The molecule has 0 atom stereocenters. The van der Waals surface area contributed by atoms with Crippen molar-refractivity contribution in [3.05, 3.63) is 35.6 Å². The molecule has 0 radical (unpaired) electrons. The van der Waals surface area contributed by atoms with Crippen LogP contribution in [0.15, 0.2) is 28.9 Å². The molecule has 0 spiro atoms. The number of carbonyl (C=O) groups excluding carboxylic acids is 1. The summed E-state index contributed by atoms with van der Waals surface area (Å²) < 4.78 is 9.95. The minimum absolute atomic E-state index is 0.366. The van der Waals surface area contributed by atoms with Gasteiger partial charge in [-0.2, -0.15) is 0 Å². The smallest absolute Gasteiger partial charge is 0.341 e. The molecule has 0 aliphatic carbocycles. The average molecular weight is 190 g/mol. The fourth-order valence-corrected chi connectivity index (χ4v) is 1.47. The van der Waals surface area contributed by atoms with Crippen molar-refractivity contribution >= 4 is 16.9 Å². The molecule has 72 valence electrons. The van der Waals surface area contributed by atoms with Gasteiger partial charge in [-0.15, -0.1) is 0 Å². The summed E-state index contributed by atoms with van der Waals surface area (Å²) in [5.41, 5.74) is 2.23. The molecule has 0 N–H and O–H groups in total. The molecule has 2 aromatic rings. The maximum atomic E-state index is 11.3. The largest absolute Gasteiger partial charge is 0.465 e. The Morgan fingerprint density at radius 3 is 2.93 bits per heavy atom. The number of benzene rings is 1. The first-order chi connectivity index (χ1) is 6.74. The van der Waals surface area contributed by atoms with Gasteiger partial charge in [0, 0.05) is 5.39 Å². The predicted molar refractivity (Wildman–Crippen MR) is 52.3 cm³/mol. The number of hydrogen-bond acceptors (Lipinski definition) is 3. The molecule has 0 aliphatic heterocycles. The van der Waals surface area contributed by atoms with Crippen LogP contribution in [0.5, 0.6) is 0 Å². The molecule has 14 heavy (non-hydrogen) atoms. The van der Waals surface area contributed by atoms with Gasteiger partial charge in [-0.1, -0.05) is 18.2 Å². The molecule has 1 heterocycles. The van der Waals surface area contributed by atoms with Crippen LogP contribution in [0.3, 0.4) is 0 Å². The predicted octanol–water partition coefficient (Wildman–Crippen LogP) is 2.53. The first-order valence-corrected chi connectivity index (χ1v) is 4.29. The highest BCUT2D eigenvalue weighted by molar-refractivity contribution is 6.03. The van der Waals surface area contributed by atoms with E-state index in [1.807, 2.05) is 25.1 Å². The fourth-order valence-electron chi connectivity index (χ4n) is 1.47. The normalized spacial score (nSPS) is 10.4. The summed E-state index contributed by atoms with van der Waals surface area (Å²) in [6.07, 6.45) is 1.43. The third-order valence-electron chi connectivity index (χ3n) is 2.20. The van der Waals surface area contributed by atoms with E-state index in [1.54, 1.807) is 0 Å². The first-order valence-electron chi connectivity index (χ1n) is 4.29. The second kappa shape index (κ2) is 3.18. The Morgan fingerprint density at radius 2 is 2.21 bits per heavy atom. The zero-order chi connectivity index (χ0) is 10.1.